The molecule has 1 fully saturated rings. The summed E-state index contributed by atoms with van der Waals surface area (Å²) in [6, 6.07) is 16.1. The van der Waals surface area contributed by atoms with Gasteiger partial charge < -0.3 is 14.6 Å². The molecule has 3 atom stereocenters. The summed E-state index contributed by atoms with van der Waals surface area (Å²) in [5.74, 6) is 1.14. The number of aliphatic carboxylic acids is 1. The van der Waals surface area contributed by atoms with Crippen molar-refractivity contribution in [1.29, 1.82) is 0 Å². The van der Waals surface area contributed by atoms with Gasteiger partial charge in [0, 0.05) is 11.5 Å². The molecule has 0 amide bonds. The molecule has 0 unspecified atom stereocenters. The van der Waals surface area contributed by atoms with Crippen molar-refractivity contribution in [1.82, 2.24) is 0 Å². The second-order valence-corrected chi connectivity index (χ2v) is 9.21. The Morgan fingerprint density at radius 1 is 1.12 bits per heavy atom. The first-order valence-corrected chi connectivity index (χ1v) is 11.2. The average molecular weight is 449 g/mol. The van der Waals surface area contributed by atoms with Gasteiger partial charge in [0.05, 0.1) is 18.1 Å². The number of benzene rings is 3. The highest BCUT2D eigenvalue weighted by Gasteiger charge is 2.59. The minimum absolute atomic E-state index is 0.188. The number of hydrogen-bond acceptors (Lipinski definition) is 3. The molecule has 0 heterocycles. The van der Waals surface area contributed by atoms with Crippen LogP contribution in [0.2, 0.25) is 5.02 Å². The quantitative estimate of drug-likeness (QED) is 0.489. The van der Waals surface area contributed by atoms with Gasteiger partial charge in [-0.25, -0.2) is 0 Å². The molecule has 1 saturated carbocycles. The van der Waals surface area contributed by atoms with E-state index in [0.29, 0.717) is 11.6 Å². The average Bonchev–Trinajstić information content (AvgIpc) is 3.36. The van der Waals surface area contributed by atoms with Crippen LogP contribution in [0.5, 0.6) is 11.5 Å². The lowest BCUT2D eigenvalue weighted by molar-refractivity contribution is -0.139. The van der Waals surface area contributed by atoms with Gasteiger partial charge in [-0.2, -0.15) is 0 Å². The third-order valence-corrected chi connectivity index (χ3v) is 7.29. The van der Waals surface area contributed by atoms with Gasteiger partial charge in [-0.05, 0) is 83.8 Å². The molecule has 164 valence electrons. The van der Waals surface area contributed by atoms with Crippen LogP contribution in [0.15, 0.2) is 48.5 Å². The Morgan fingerprint density at radius 3 is 2.66 bits per heavy atom. The zero-order chi connectivity index (χ0) is 22.6. The normalized spacial score (nSPS) is 20.4. The van der Waals surface area contributed by atoms with Crippen LogP contribution >= 0.6 is 11.6 Å². The Kier molecular flexibility index (Phi) is 5.13. The summed E-state index contributed by atoms with van der Waals surface area (Å²) in [6.07, 6.45) is 0.831. The molecule has 32 heavy (non-hydrogen) atoms. The lowest BCUT2D eigenvalue weighted by Gasteiger charge is -2.17. The van der Waals surface area contributed by atoms with E-state index in [2.05, 4.69) is 25.1 Å². The lowest BCUT2D eigenvalue weighted by Crippen LogP contribution is -2.05. The van der Waals surface area contributed by atoms with Gasteiger partial charge in [0.15, 0.2) is 0 Å². The molecule has 0 saturated heterocycles. The van der Waals surface area contributed by atoms with Gasteiger partial charge in [0.2, 0.25) is 0 Å². The molecule has 1 N–H and O–H groups in total. The standard InChI is InChI=1S/C27H25ClO4/c1-14-9-19(31-3)12-23(28)24(14)20-6-4-5-16(15(20)2)13-32-18-7-8-21-17(10-18)11-22-25(21)26(22)27(29)30/h4-10,12,22,25-26H,11,13H2,1-3H3,(H,29,30)/t22-,25+,26+/m1/s1. The maximum Gasteiger partial charge on any atom is 0.307 e. The summed E-state index contributed by atoms with van der Waals surface area (Å²) in [4.78, 5) is 11.3. The van der Waals surface area contributed by atoms with Crippen molar-refractivity contribution < 1.29 is 19.4 Å². The number of aryl methyl sites for hydroxylation is 1. The van der Waals surface area contributed by atoms with Crippen molar-refractivity contribution in [2.45, 2.75) is 32.8 Å². The third-order valence-electron chi connectivity index (χ3n) is 6.99. The molecule has 2 aliphatic rings. The highest BCUT2D eigenvalue weighted by atomic mass is 35.5. The maximum atomic E-state index is 11.3. The van der Waals surface area contributed by atoms with Crippen LogP contribution in [0, 0.1) is 25.7 Å². The van der Waals surface area contributed by atoms with Crippen molar-refractivity contribution >= 4 is 17.6 Å². The summed E-state index contributed by atoms with van der Waals surface area (Å²) in [6.45, 7) is 4.59. The van der Waals surface area contributed by atoms with Gasteiger partial charge in [0.25, 0.3) is 0 Å². The number of carboxylic acids is 1. The van der Waals surface area contributed by atoms with E-state index in [1.165, 1.54) is 11.1 Å². The van der Waals surface area contributed by atoms with Crippen LogP contribution < -0.4 is 9.47 Å². The number of rotatable bonds is 6. The molecule has 0 bridgehead atoms. The summed E-state index contributed by atoms with van der Waals surface area (Å²) in [5, 5.41) is 9.97. The molecular formula is C27H25ClO4. The maximum absolute atomic E-state index is 11.3. The first-order valence-electron chi connectivity index (χ1n) is 10.8. The fourth-order valence-electron chi connectivity index (χ4n) is 5.26. The monoisotopic (exact) mass is 448 g/mol. The summed E-state index contributed by atoms with van der Waals surface area (Å²) >= 11 is 6.60. The Balaban J connectivity index is 1.36. The van der Waals surface area contributed by atoms with Crippen molar-refractivity contribution in [3.05, 3.63) is 81.4 Å². The zero-order valence-corrected chi connectivity index (χ0v) is 19.1. The van der Waals surface area contributed by atoms with Crippen molar-refractivity contribution in [3.8, 4) is 22.6 Å². The number of ether oxygens (including phenoxy) is 2. The van der Waals surface area contributed by atoms with Crippen LogP contribution in [-0.4, -0.2) is 18.2 Å². The SMILES string of the molecule is COc1cc(C)c(-c2cccc(COc3ccc4c(c3)C[C@H]3[C@H](C(=O)O)[C@@H]43)c2C)c(Cl)c1. The minimum Gasteiger partial charge on any atom is -0.497 e. The fraction of sp³-hybridized carbons (Fsp3) is 0.296. The van der Waals surface area contributed by atoms with E-state index in [-0.39, 0.29) is 17.8 Å². The molecule has 2 aliphatic carbocycles. The van der Waals surface area contributed by atoms with Gasteiger partial charge in [-0.15, -0.1) is 0 Å². The highest BCUT2D eigenvalue weighted by molar-refractivity contribution is 6.33. The first kappa shape index (κ1) is 20.9. The lowest BCUT2D eigenvalue weighted by atomic mass is 9.93. The highest BCUT2D eigenvalue weighted by Crippen LogP contribution is 2.61. The fourth-order valence-corrected chi connectivity index (χ4v) is 5.62. The van der Waals surface area contributed by atoms with Crippen molar-refractivity contribution in [2.24, 2.45) is 11.8 Å². The van der Waals surface area contributed by atoms with E-state index in [1.807, 2.05) is 37.3 Å². The van der Waals surface area contributed by atoms with Gasteiger partial charge in [-0.3, -0.25) is 4.79 Å². The Bertz CT molecular complexity index is 1210. The van der Waals surface area contributed by atoms with Crippen LogP contribution in [0.1, 0.15) is 33.7 Å². The second-order valence-electron chi connectivity index (χ2n) is 8.80. The van der Waals surface area contributed by atoms with E-state index in [4.69, 9.17) is 21.1 Å². The van der Waals surface area contributed by atoms with Crippen molar-refractivity contribution in [2.75, 3.05) is 7.11 Å². The summed E-state index contributed by atoms with van der Waals surface area (Å²) < 4.78 is 11.5. The second kappa shape index (κ2) is 7.86. The predicted molar refractivity (Wildman–Crippen MR) is 125 cm³/mol. The number of methoxy groups -OCH3 is 1. The number of halogens is 1. The Labute approximate surface area is 192 Å². The van der Waals surface area contributed by atoms with Crippen LogP contribution in [0.3, 0.4) is 0 Å². The minimum atomic E-state index is -0.673. The first-order chi connectivity index (χ1) is 15.4. The molecule has 0 aromatic heterocycles. The van der Waals surface area contributed by atoms with Gasteiger partial charge in [-0.1, -0.05) is 35.9 Å². The van der Waals surface area contributed by atoms with E-state index in [9.17, 15) is 9.90 Å². The molecule has 4 nitrogen and oxygen atoms in total. The number of fused-ring (bicyclic) bond motifs is 3. The topological polar surface area (TPSA) is 55.8 Å². The molecule has 0 spiro atoms. The van der Waals surface area contributed by atoms with E-state index >= 15 is 0 Å². The molecule has 0 radical (unpaired) electrons. The van der Waals surface area contributed by atoms with Crippen LogP contribution in [0.25, 0.3) is 11.1 Å². The zero-order valence-electron chi connectivity index (χ0n) is 18.3. The number of carboxylic acid groups (broad SMARTS) is 1. The Hall–Kier alpha value is -2.98. The number of carbonyl (C=O) groups is 1. The summed E-state index contributed by atoms with van der Waals surface area (Å²) in [5.41, 5.74) is 7.80. The van der Waals surface area contributed by atoms with E-state index < -0.39 is 5.97 Å². The van der Waals surface area contributed by atoms with Gasteiger partial charge >= 0.3 is 5.97 Å². The molecule has 5 heteroatoms. The van der Waals surface area contributed by atoms with Crippen LogP contribution in [-0.2, 0) is 17.8 Å². The van der Waals surface area contributed by atoms with Gasteiger partial charge in [0.1, 0.15) is 18.1 Å². The molecule has 5 rings (SSSR count). The van der Waals surface area contributed by atoms with Crippen molar-refractivity contribution in [3.63, 3.8) is 0 Å². The molecule has 0 aliphatic heterocycles. The van der Waals surface area contributed by atoms with Crippen LogP contribution in [0.4, 0.5) is 0 Å². The third kappa shape index (κ3) is 3.43. The summed E-state index contributed by atoms with van der Waals surface area (Å²) in [7, 11) is 1.64. The van der Waals surface area contributed by atoms with E-state index in [1.54, 1.807) is 7.11 Å². The van der Waals surface area contributed by atoms with E-state index in [0.717, 1.165) is 45.7 Å². The smallest absolute Gasteiger partial charge is 0.307 e. The molecular weight excluding hydrogens is 424 g/mol. The predicted octanol–water partition coefficient (Wildman–Crippen LogP) is 6.18. The largest absolute Gasteiger partial charge is 0.497 e. The molecule has 3 aromatic rings. The number of hydrogen-bond donors (Lipinski definition) is 1. The Morgan fingerprint density at radius 2 is 1.94 bits per heavy atom. The molecule has 3 aromatic carbocycles.